The predicted molar refractivity (Wildman–Crippen MR) is 58.1 cm³/mol. The van der Waals surface area contributed by atoms with Gasteiger partial charge in [0, 0.05) is 0 Å². The molecule has 3 fully saturated rings. The van der Waals surface area contributed by atoms with Crippen molar-refractivity contribution in [3.8, 4) is 0 Å². The third-order valence-electron chi connectivity index (χ3n) is 3.79. The molecule has 4 N–H and O–H groups in total. The van der Waals surface area contributed by atoms with Gasteiger partial charge < -0.3 is 39.4 Å². The van der Waals surface area contributed by atoms with Crippen LogP contribution in [0.5, 0.6) is 0 Å². The lowest BCUT2D eigenvalue weighted by molar-refractivity contribution is -0.239. The monoisotopic (exact) mass is 278 g/mol. The Hall–Kier alpha value is -0.320. The maximum absolute atomic E-state index is 9.79. The fourth-order valence-electron chi connectivity index (χ4n) is 2.69. The van der Waals surface area contributed by atoms with E-state index < -0.39 is 49.5 Å². The Morgan fingerprint density at radius 3 is 2.53 bits per heavy atom. The van der Waals surface area contributed by atoms with E-state index in [4.69, 9.17) is 24.1 Å². The molecule has 0 aromatic carbocycles. The van der Waals surface area contributed by atoms with Gasteiger partial charge in [0.2, 0.25) is 0 Å². The third kappa shape index (κ3) is 2.28. The Balaban J connectivity index is 1.66. The van der Waals surface area contributed by atoms with Gasteiger partial charge in [-0.2, -0.15) is 0 Å². The lowest BCUT2D eigenvalue weighted by Crippen LogP contribution is -2.51. The Morgan fingerprint density at radius 2 is 1.84 bits per heavy atom. The molecule has 8 nitrogen and oxygen atoms in total. The van der Waals surface area contributed by atoms with Crippen LogP contribution in [0.15, 0.2) is 0 Å². The van der Waals surface area contributed by atoms with Crippen LogP contribution in [0.1, 0.15) is 0 Å². The first kappa shape index (κ1) is 13.7. The second-order valence-corrected chi connectivity index (χ2v) is 5.04. The highest BCUT2D eigenvalue weighted by Crippen LogP contribution is 2.32. The minimum Gasteiger partial charge on any atom is -0.394 e. The number of aliphatic hydroxyl groups is 4. The summed E-state index contributed by atoms with van der Waals surface area (Å²) in [6.07, 6.45) is -6.62. The smallest absolute Gasteiger partial charge is 0.187 e. The summed E-state index contributed by atoms with van der Waals surface area (Å²) < 4.78 is 21.6. The molecule has 0 aromatic rings. The normalized spacial score (nSPS) is 53.7. The molecule has 3 rings (SSSR count). The fraction of sp³-hybridized carbons (Fsp3) is 1.00. The summed E-state index contributed by atoms with van der Waals surface area (Å²) >= 11 is 0. The molecule has 19 heavy (non-hydrogen) atoms. The van der Waals surface area contributed by atoms with E-state index in [2.05, 4.69) is 0 Å². The fourth-order valence-corrected chi connectivity index (χ4v) is 2.69. The maximum atomic E-state index is 9.79. The average molecular weight is 278 g/mol. The highest BCUT2D eigenvalue weighted by molar-refractivity contribution is 4.96. The summed E-state index contributed by atoms with van der Waals surface area (Å²) in [5.74, 6) is 0. The Labute approximate surface area is 109 Å². The number of fused-ring (bicyclic) bond motifs is 2. The van der Waals surface area contributed by atoms with Crippen molar-refractivity contribution < 1.29 is 39.4 Å². The van der Waals surface area contributed by atoms with E-state index >= 15 is 0 Å². The number of hydrogen-bond donors (Lipinski definition) is 4. The van der Waals surface area contributed by atoms with Gasteiger partial charge in [0.15, 0.2) is 6.29 Å². The molecule has 0 unspecified atom stereocenters. The quantitative estimate of drug-likeness (QED) is 0.430. The summed E-state index contributed by atoms with van der Waals surface area (Å²) in [4.78, 5) is 0. The van der Waals surface area contributed by atoms with Crippen LogP contribution in [0.2, 0.25) is 0 Å². The SMILES string of the molecule is OC[C@H]1O[C@H](O[C@@H]2[C@H]3OC[C@H]2OC[C@H]3O)[C@@H](O)[C@@H]1O. The molecule has 8 heteroatoms. The molecule has 0 saturated carbocycles. The Kier molecular flexibility index (Phi) is 3.76. The third-order valence-corrected chi connectivity index (χ3v) is 3.79. The summed E-state index contributed by atoms with van der Waals surface area (Å²) in [7, 11) is 0. The van der Waals surface area contributed by atoms with E-state index in [1.54, 1.807) is 0 Å². The van der Waals surface area contributed by atoms with Crippen molar-refractivity contribution in [3.05, 3.63) is 0 Å². The molecule has 0 aliphatic carbocycles. The molecule has 3 saturated heterocycles. The molecule has 0 spiro atoms. The van der Waals surface area contributed by atoms with Crippen LogP contribution in [0.4, 0.5) is 0 Å². The Morgan fingerprint density at radius 1 is 1.05 bits per heavy atom. The standard InChI is InChI=1S/C11H18O8/c12-1-5-7(14)8(15)11(18-5)19-10-6-3-17-9(10)4(13)2-16-6/h4-15H,1-3H2/t4-,5-,6-,7-,8+,9+,10+,11-/m1/s1. The number of rotatable bonds is 3. The second kappa shape index (κ2) is 5.23. The van der Waals surface area contributed by atoms with Crippen LogP contribution in [0.25, 0.3) is 0 Å². The molecule has 8 atom stereocenters. The molecule has 3 aliphatic heterocycles. The first-order valence-electron chi connectivity index (χ1n) is 6.31. The van der Waals surface area contributed by atoms with Gasteiger partial charge in [0.1, 0.15) is 42.7 Å². The minimum atomic E-state index is -1.25. The van der Waals surface area contributed by atoms with Crippen molar-refractivity contribution in [1.29, 1.82) is 0 Å². The van der Waals surface area contributed by atoms with Gasteiger partial charge in [0.25, 0.3) is 0 Å². The van der Waals surface area contributed by atoms with Crippen LogP contribution in [0.3, 0.4) is 0 Å². The van der Waals surface area contributed by atoms with Crippen molar-refractivity contribution in [3.63, 3.8) is 0 Å². The van der Waals surface area contributed by atoms with Crippen molar-refractivity contribution in [2.45, 2.75) is 49.0 Å². The number of aliphatic hydroxyl groups excluding tert-OH is 4. The molecule has 110 valence electrons. The van der Waals surface area contributed by atoms with Crippen molar-refractivity contribution in [1.82, 2.24) is 0 Å². The molecular formula is C11H18O8. The van der Waals surface area contributed by atoms with Crippen molar-refractivity contribution >= 4 is 0 Å². The molecule has 3 heterocycles. The lowest BCUT2D eigenvalue weighted by atomic mass is 10.0. The molecule has 2 bridgehead atoms. The zero-order valence-electron chi connectivity index (χ0n) is 10.2. The lowest BCUT2D eigenvalue weighted by Gasteiger charge is -2.33. The first-order valence-corrected chi connectivity index (χ1v) is 6.31. The topological polar surface area (TPSA) is 118 Å². The van der Waals surface area contributed by atoms with Crippen molar-refractivity contribution in [2.75, 3.05) is 19.8 Å². The van der Waals surface area contributed by atoms with Crippen LogP contribution < -0.4 is 0 Å². The van der Waals surface area contributed by atoms with E-state index in [0.29, 0.717) is 6.61 Å². The highest BCUT2D eigenvalue weighted by atomic mass is 16.7. The number of ether oxygens (including phenoxy) is 4. The van der Waals surface area contributed by atoms with Crippen LogP contribution in [-0.2, 0) is 18.9 Å². The van der Waals surface area contributed by atoms with Gasteiger partial charge >= 0.3 is 0 Å². The summed E-state index contributed by atoms with van der Waals surface area (Å²) in [6.45, 7) is 0.0809. The summed E-state index contributed by atoms with van der Waals surface area (Å²) in [5, 5.41) is 38.2. The van der Waals surface area contributed by atoms with E-state index in [9.17, 15) is 15.3 Å². The highest BCUT2D eigenvalue weighted by Gasteiger charge is 2.51. The van der Waals surface area contributed by atoms with Crippen LogP contribution in [-0.4, -0.2) is 89.3 Å². The zero-order valence-corrected chi connectivity index (χ0v) is 10.2. The molecule has 0 radical (unpaired) electrons. The Bertz CT molecular complexity index is 326. The predicted octanol–water partition coefficient (Wildman–Crippen LogP) is -3.03. The number of hydrogen-bond acceptors (Lipinski definition) is 8. The van der Waals surface area contributed by atoms with Gasteiger partial charge in [-0.15, -0.1) is 0 Å². The average Bonchev–Trinajstić information content (AvgIpc) is 2.85. The molecule has 0 amide bonds. The summed E-state index contributed by atoms with van der Waals surface area (Å²) in [6, 6.07) is 0. The first-order chi connectivity index (χ1) is 9.11. The molecule has 0 aromatic heterocycles. The molecule has 3 aliphatic rings. The van der Waals surface area contributed by atoms with Crippen molar-refractivity contribution in [2.24, 2.45) is 0 Å². The largest absolute Gasteiger partial charge is 0.394 e. The van der Waals surface area contributed by atoms with Crippen LogP contribution >= 0.6 is 0 Å². The van der Waals surface area contributed by atoms with E-state index in [-0.39, 0.29) is 12.7 Å². The zero-order chi connectivity index (χ0) is 13.6. The van der Waals surface area contributed by atoms with Crippen LogP contribution in [0, 0.1) is 0 Å². The van der Waals surface area contributed by atoms with Gasteiger partial charge in [-0.3, -0.25) is 0 Å². The molecular weight excluding hydrogens is 260 g/mol. The van der Waals surface area contributed by atoms with Gasteiger partial charge in [-0.25, -0.2) is 0 Å². The van der Waals surface area contributed by atoms with Gasteiger partial charge in [0.05, 0.1) is 19.8 Å². The van der Waals surface area contributed by atoms with E-state index in [0.717, 1.165) is 0 Å². The second-order valence-electron chi connectivity index (χ2n) is 5.04. The van der Waals surface area contributed by atoms with E-state index in [1.807, 2.05) is 0 Å². The summed E-state index contributed by atoms with van der Waals surface area (Å²) in [5.41, 5.74) is 0. The minimum absolute atomic E-state index is 0.186. The van der Waals surface area contributed by atoms with Gasteiger partial charge in [-0.05, 0) is 0 Å². The van der Waals surface area contributed by atoms with E-state index in [1.165, 1.54) is 0 Å². The maximum Gasteiger partial charge on any atom is 0.187 e. The van der Waals surface area contributed by atoms with Gasteiger partial charge in [-0.1, -0.05) is 0 Å².